The third kappa shape index (κ3) is 3.32. The smallest absolute Gasteiger partial charge is 0.337 e. The average Bonchev–Trinajstić information content (AvgIpc) is 2.37. The van der Waals surface area contributed by atoms with Crippen molar-refractivity contribution in [3.8, 4) is 0 Å². The van der Waals surface area contributed by atoms with Gasteiger partial charge >= 0.3 is 5.97 Å². The van der Waals surface area contributed by atoms with E-state index in [-0.39, 0.29) is 5.56 Å². The average molecular weight is 266 g/mol. The normalized spacial score (nSPS) is 19.4. The summed E-state index contributed by atoms with van der Waals surface area (Å²) in [5.74, 6) is 0.281. The first-order valence-corrected chi connectivity index (χ1v) is 7.20. The van der Waals surface area contributed by atoms with Crippen molar-refractivity contribution in [2.75, 3.05) is 23.3 Å². The van der Waals surface area contributed by atoms with Crippen molar-refractivity contribution in [1.82, 2.24) is 0 Å². The van der Waals surface area contributed by atoms with Crippen molar-refractivity contribution in [2.45, 2.75) is 24.5 Å². The highest BCUT2D eigenvalue weighted by molar-refractivity contribution is 7.99. The Balaban J connectivity index is 2.03. The number of thioether (sulfide) groups is 1. The van der Waals surface area contributed by atoms with Gasteiger partial charge < -0.3 is 16.2 Å². The fourth-order valence-corrected chi connectivity index (χ4v) is 3.33. The van der Waals surface area contributed by atoms with Crippen molar-refractivity contribution in [3.63, 3.8) is 0 Å². The predicted molar refractivity (Wildman–Crippen MR) is 76.4 cm³/mol. The number of carbonyl (C=O) groups is 1. The summed E-state index contributed by atoms with van der Waals surface area (Å²) in [6.07, 6.45) is 3.75. The van der Waals surface area contributed by atoms with Gasteiger partial charge in [-0.1, -0.05) is 6.42 Å². The largest absolute Gasteiger partial charge is 0.478 e. The van der Waals surface area contributed by atoms with E-state index in [1.807, 2.05) is 11.8 Å². The zero-order valence-electron chi connectivity index (χ0n) is 10.2. The Bertz CT molecular complexity index is 431. The molecule has 4 nitrogen and oxygen atoms in total. The molecular formula is C13H18N2O2S. The molecule has 1 fully saturated rings. The molecule has 0 bridgehead atoms. The van der Waals surface area contributed by atoms with Gasteiger partial charge in [-0.3, -0.25) is 0 Å². The van der Waals surface area contributed by atoms with Crippen LogP contribution in [0.25, 0.3) is 0 Å². The molecule has 1 aromatic carbocycles. The van der Waals surface area contributed by atoms with E-state index in [0.29, 0.717) is 16.6 Å². The van der Waals surface area contributed by atoms with E-state index in [4.69, 9.17) is 10.8 Å². The topological polar surface area (TPSA) is 75.4 Å². The number of nitrogen functional groups attached to an aromatic ring is 1. The van der Waals surface area contributed by atoms with Gasteiger partial charge in [-0.05, 0) is 36.8 Å². The fraction of sp³-hybridized carbons (Fsp3) is 0.462. The molecule has 0 spiro atoms. The highest BCUT2D eigenvalue weighted by Gasteiger charge is 2.15. The van der Waals surface area contributed by atoms with Crippen LogP contribution in [-0.4, -0.2) is 28.6 Å². The molecule has 4 N–H and O–H groups in total. The van der Waals surface area contributed by atoms with Crippen LogP contribution in [0.3, 0.4) is 0 Å². The Morgan fingerprint density at radius 2 is 2.33 bits per heavy atom. The minimum Gasteiger partial charge on any atom is -0.478 e. The van der Waals surface area contributed by atoms with Crippen LogP contribution in [0.2, 0.25) is 0 Å². The number of carboxylic acid groups (broad SMARTS) is 1. The lowest BCUT2D eigenvalue weighted by Crippen LogP contribution is -2.21. The molecule has 1 heterocycles. The van der Waals surface area contributed by atoms with E-state index in [9.17, 15) is 4.79 Å². The lowest BCUT2D eigenvalue weighted by molar-refractivity contribution is 0.0698. The molecule has 0 aliphatic carbocycles. The first kappa shape index (κ1) is 13.1. The highest BCUT2D eigenvalue weighted by Crippen LogP contribution is 2.26. The Morgan fingerprint density at radius 3 is 3.00 bits per heavy atom. The van der Waals surface area contributed by atoms with Gasteiger partial charge in [0.05, 0.1) is 11.3 Å². The minimum absolute atomic E-state index is 0.282. The van der Waals surface area contributed by atoms with Gasteiger partial charge in [0.1, 0.15) is 0 Å². The van der Waals surface area contributed by atoms with Crippen molar-refractivity contribution in [3.05, 3.63) is 23.8 Å². The van der Waals surface area contributed by atoms with E-state index in [1.54, 1.807) is 18.2 Å². The Morgan fingerprint density at radius 1 is 1.50 bits per heavy atom. The monoisotopic (exact) mass is 266 g/mol. The lowest BCUT2D eigenvalue weighted by atomic mass is 10.1. The van der Waals surface area contributed by atoms with Crippen LogP contribution in [0.15, 0.2) is 18.2 Å². The van der Waals surface area contributed by atoms with Crippen molar-refractivity contribution in [1.29, 1.82) is 0 Å². The number of hydrogen-bond donors (Lipinski definition) is 3. The number of aromatic carboxylic acids is 1. The van der Waals surface area contributed by atoms with Crippen LogP contribution in [0, 0.1) is 0 Å². The molecule has 1 saturated heterocycles. The SMILES string of the molecule is Nc1ccc(C(=O)O)c(NCC2CCCCS2)c1. The molecule has 0 aromatic heterocycles. The van der Waals surface area contributed by atoms with Crippen molar-refractivity contribution >= 4 is 29.1 Å². The first-order chi connectivity index (χ1) is 8.66. The van der Waals surface area contributed by atoms with Gasteiger partial charge in [0, 0.05) is 17.5 Å². The van der Waals surface area contributed by atoms with Crippen LogP contribution in [-0.2, 0) is 0 Å². The summed E-state index contributed by atoms with van der Waals surface area (Å²) in [6, 6.07) is 4.86. The summed E-state index contributed by atoms with van der Waals surface area (Å²) in [6.45, 7) is 0.800. The first-order valence-electron chi connectivity index (χ1n) is 6.15. The molecule has 2 rings (SSSR count). The zero-order valence-corrected chi connectivity index (χ0v) is 11.0. The van der Waals surface area contributed by atoms with Gasteiger partial charge in [0.2, 0.25) is 0 Å². The maximum absolute atomic E-state index is 11.1. The Hall–Kier alpha value is -1.36. The molecule has 1 aliphatic heterocycles. The number of nitrogens with two attached hydrogens (primary N) is 1. The van der Waals surface area contributed by atoms with Gasteiger partial charge in [0.15, 0.2) is 0 Å². The van der Waals surface area contributed by atoms with Crippen LogP contribution in [0.5, 0.6) is 0 Å². The Kier molecular flexibility index (Phi) is 4.36. The molecule has 1 unspecified atom stereocenters. The number of hydrogen-bond acceptors (Lipinski definition) is 4. The summed E-state index contributed by atoms with van der Waals surface area (Å²) in [4.78, 5) is 11.1. The van der Waals surface area contributed by atoms with Crippen LogP contribution in [0.4, 0.5) is 11.4 Å². The second-order valence-electron chi connectivity index (χ2n) is 4.48. The number of nitrogens with one attached hydrogen (secondary N) is 1. The van der Waals surface area contributed by atoms with E-state index >= 15 is 0 Å². The summed E-state index contributed by atoms with van der Waals surface area (Å²) >= 11 is 1.96. The minimum atomic E-state index is -0.922. The number of anilines is 2. The van der Waals surface area contributed by atoms with Gasteiger partial charge in [-0.15, -0.1) is 0 Å². The van der Waals surface area contributed by atoms with Gasteiger partial charge in [0.25, 0.3) is 0 Å². The van der Waals surface area contributed by atoms with Crippen LogP contribution >= 0.6 is 11.8 Å². The van der Waals surface area contributed by atoms with Crippen molar-refractivity contribution in [2.24, 2.45) is 0 Å². The predicted octanol–water partition coefficient (Wildman–Crippen LogP) is 2.66. The molecule has 0 saturated carbocycles. The third-order valence-corrected chi connectivity index (χ3v) is 4.47. The zero-order chi connectivity index (χ0) is 13.0. The molecule has 98 valence electrons. The molecule has 1 atom stereocenters. The summed E-state index contributed by atoms with van der Waals surface area (Å²) in [7, 11) is 0. The lowest BCUT2D eigenvalue weighted by Gasteiger charge is -2.22. The van der Waals surface area contributed by atoms with Gasteiger partial charge in [-0.2, -0.15) is 11.8 Å². The highest BCUT2D eigenvalue weighted by atomic mass is 32.2. The molecule has 1 aromatic rings. The second kappa shape index (κ2) is 6.00. The van der Waals surface area contributed by atoms with E-state index in [2.05, 4.69) is 5.32 Å². The van der Waals surface area contributed by atoms with Crippen LogP contribution in [0.1, 0.15) is 29.6 Å². The molecular weight excluding hydrogens is 248 g/mol. The maximum atomic E-state index is 11.1. The number of benzene rings is 1. The number of rotatable bonds is 4. The standard InChI is InChI=1S/C13H18N2O2S/c14-9-4-5-11(13(16)17)12(7-9)15-8-10-3-1-2-6-18-10/h4-5,7,10,15H,1-3,6,8,14H2,(H,16,17). The summed E-state index contributed by atoms with van der Waals surface area (Å²) in [5, 5.41) is 12.9. The van der Waals surface area contributed by atoms with Gasteiger partial charge in [-0.25, -0.2) is 4.79 Å². The fourth-order valence-electron chi connectivity index (χ4n) is 2.09. The van der Waals surface area contributed by atoms with E-state index in [0.717, 1.165) is 6.54 Å². The molecule has 0 amide bonds. The third-order valence-electron chi connectivity index (χ3n) is 3.07. The maximum Gasteiger partial charge on any atom is 0.337 e. The Labute approximate surface area is 111 Å². The van der Waals surface area contributed by atoms with Crippen molar-refractivity contribution < 1.29 is 9.90 Å². The molecule has 1 aliphatic rings. The van der Waals surface area contributed by atoms with Crippen LogP contribution < -0.4 is 11.1 Å². The van der Waals surface area contributed by atoms with E-state index < -0.39 is 5.97 Å². The number of carboxylic acids is 1. The summed E-state index contributed by atoms with van der Waals surface area (Å²) in [5.41, 5.74) is 7.18. The molecule has 18 heavy (non-hydrogen) atoms. The summed E-state index contributed by atoms with van der Waals surface area (Å²) < 4.78 is 0. The molecule has 0 radical (unpaired) electrons. The molecule has 5 heteroatoms. The second-order valence-corrected chi connectivity index (χ2v) is 5.89. The quantitative estimate of drug-likeness (QED) is 0.730. The van der Waals surface area contributed by atoms with E-state index in [1.165, 1.54) is 25.0 Å².